The van der Waals surface area contributed by atoms with E-state index >= 15 is 0 Å². The third kappa shape index (κ3) is 3.53. The average molecular weight is 366 g/mol. The zero-order valence-corrected chi connectivity index (χ0v) is 15.6. The molecule has 1 aromatic carbocycles. The van der Waals surface area contributed by atoms with Crippen molar-refractivity contribution in [1.29, 1.82) is 0 Å². The highest BCUT2D eigenvalue weighted by Crippen LogP contribution is 2.23. The summed E-state index contributed by atoms with van der Waals surface area (Å²) < 4.78 is 2.34. The van der Waals surface area contributed by atoms with Gasteiger partial charge >= 0.3 is 5.69 Å². The molecule has 2 heterocycles. The van der Waals surface area contributed by atoms with Crippen LogP contribution in [0.4, 0.5) is 5.69 Å². The van der Waals surface area contributed by atoms with Crippen molar-refractivity contribution in [3.63, 3.8) is 0 Å². The first kappa shape index (κ1) is 18.6. The lowest BCUT2D eigenvalue weighted by atomic mass is 9.93. The fraction of sp³-hybridized carbons (Fsp3) is 0.300. The van der Waals surface area contributed by atoms with Crippen LogP contribution in [0, 0.1) is 0 Å². The van der Waals surface area contributed by atoms with Gasteiger partial charge < -0.3 is 5.32 Å². The molecular formula is C20H22N4O3. The summed E-state index contributed by atoms with van der Waals surface area (Å²) in [6.07, 6.45) is 3.05. The Balaban J connectivity index is 1.97. The van der Waals surface area contributed by atoms with Crippen LogP contribution in [-0.2, 0) is 18.9 Å². The van der Waals surface area contributed by atoms with Crippen LogP contribution in [0.15, 0.2) is 52.2 Å². The number of benzene rings is 1. The van der Waals surface area contributed by atoms with Crippen LogP contribution in [0.5, 0.6) is 0 Å². The number of hydrogen-bond donors (Lipinski definition) is 1. The van der Waals surface area contributed by atoms with Crippen molar-refractivity contribution in [2.24, 2.45) is 14.1 Å². The van der Waals surface area contributed by atoms with Crippen LogP contribution in [-0.4, -0.2) is 20.0 Å². The molecular weight excluding hydrogens is 344 g/mol. The predicted octanol–water partition coefficient (Wildman–Crippen LogP) is 2.15. The van der Waals surface area contributed by atoms with Gasteiger partial charge in [0, 0.05) is 14.1 Å². The van der Waals surface area contributed by atoms with Crippen LogP contribution in [0.1, 0.15) is 31.2 Å². The van der Waals surface area contributed by atoms with Gasteiger partial charge in [-0.25, -0.2) is 9.78 Å². The summed E-state index contributed by atoms with van der Waals surface area (Å²) in [5, 5.41) is 3.14. The van der Waals surface area contributed by atoms with Gasteiger partial charge in [0.1, 0.15) is 5.65 Å². The average Bonchev–Trinajstić information content (AvgIpc) is 2.69. The van der Waals surface area contributed by atoms with Crippen molar-refractivity contribution in [2.75, 3.05) is 5.32 Å². The van der Waals surface area contributed by atoms with Crippen molar-refractivity contribution in [1.82, 2.24) is 14.1 Å². The Labute approximate surface area is 156 Å². The molecule has 2 aromatic heterocycles. The number of carbonyl (C=O) groups excluding carboxylic acids is 1. The van der Waals surface area contributed by atoms with Crippen LogP contribution in [0.25, 0.3) is 11.0 Å². The van der Waals surface area contributed by atoms with Crippen LogP contribution < -0.4 is 16.6 Å². The summed E-state index contributed by atoms with van der Waals surface area (Å²) in [7, 11) is 2.98. The first-order valence-corrected chi connectivity index (χ1v) is 8.85. The second kappa shape index (κ2) is 7.57. The van der Waals surface area contributed by atoms with Crippen LogP contribution in [0.2, 0.25) is 0 Å². The number of aromatic nitrogens is 3. The molecule has 0 aliphatic carbocycles. The van der Waals surface area contributed by atoms with Crippen molar-refractivity contribution < 1.29 is 4.79 Å². The van der Waals surface area contributed by atoms with E-state index in [4.69, 9.17) is 0 Å². The second-order valence-electron chi connectivity index (χ2n) is 6.54. The molecule has 0 saturated heterocycles. The number of pyridine rings is 1. The summed E-state index contributed by atoms with van der Waals surface area (Å²) in [4.78, 5) is 41.4. The lowest BCUT2D eigenvalue weighted by molar-refractivity contribution is -0.117. The van der Waals surface area contributed by atoms with E-state index in [0.717, 1.165) is 16.6 Å². The van der Waals surface area contributed by atoms with Crippen molar-refractivity contribution >= 4 is 22.6 Å². The minimum Gasteiger partial charge on any atom is -0.324 e. The van der Waals surface area contributed by atoms with Gasteiger partial charge in [-0.1, -0.05) is 43.7 Å². The molecule has 7 heteroatoms. The zero-order chi connectivity index (χ0) is 19.6. The normalized spacial score (nSPS) is 12.1. The quantitative estimate of drug-likeness (QED) is 0.750. The van der Waals surface area contributed by atoms with Crippen molar-refractivity contribution in [3.05, 3.63) is 69.0 Å². The lowest BCUT2D eigenvalue weighted by Crippen LogP contribution is -2.37. The van der Waals surface area contributed by atoms with E-state index in [1.54, 1.807) is 13.1 Å². The Morgan fingerprint density at radius 2 is 1.85 bits per heavy atom. The highest BCUT2D eigenvalue weighted by molar-refractivity contribution is 5.97. The summed E-state index contributed by atoms with van der Waals surface area (Å²) in [6, 6.07) is 11.2. The number of nitrogens with zero attached hydrogens (tertiary/aromatic N) is 3. The Morgan fingerprint density at radius 1 is 1.15 bits per heavy atom. The number of amides is 1. The SMILES string of the molecule is CCCC(C(=O)Nc1cnc2c(c1)c(=O)n(C)c(=O)n2C)c1ccccc1. The molecule has 0 saturated carbocycles. The molecule has 0 aliphatic rings. The number of nitrogens with one attached hydrogen (secondary N) is 1. The standard InChI is InChI=1S/C20H22N4O3/c1-4-8-15(13-9-6-5-7-10-13)18(25)22-14-11-16-17(21-12-14)23(2)20(27)24(3)19(16)26/h5-7,9-12,15H,4,8H2,1-3H3,(H,22,25). The lowest BCUT2D eigenvalue weighted by Gasteiger charge is -2.17. The summed E-state index contributed by atoms with van der Waals surface area (Å²) >= 11 is 0. The highest BCUT2D eigenvalue weighted by atomic mass is 16.2. The van der Waals surface area contributed by atoms with E-state index in [-0.39, 0.29) is 22.9 Å². The van der Waals surface area contributed by atoms with E-state index in [0.29, 0.717) is 12.1 Å². The molecule has 0 spiro atoms. The molecule has 1 amide bonds. The summed E-state index contributed by atoms with van der Waals surface area (Å²) in [5.41, 5.74) is 0.784. The van der Waals surface area contributed by atoms with E-state index in [9.17, 15) is 14.4 Å². The van der Waals surface area contributed by atoms with Gasteiger partial charge in [-0.05, 0) is 18.1 Å². The molecule has 3 rings (SSSR count). The summed E-state index contributed by atoms with van der Waals surface area (Å²) in [5.74, 6) is -0.430. The monoisotopic (exact) mass is 366 g/mol. The van der Waals surface area contributed by atoms with Gasteiger partial charge in [0.25, 0.3) is 5.56 Å². The van der Waals surface area contributed by atoms with Crippen molar-refractivity contribution in [2.45, 2.75) is 25.7 Å². The summed E-state index contributed by atoms with van der Waals surface area (Å²) in [6.45, 7) is 2.03. The third-order valence-corrected chi connectivity index (χ3v) is 4.66. The predicted molar refractivity (Wildman–Crippen MR) is 105 cm³/mol. The number of carbonyl (C=O) groups is 1. The van der Waals surface area contributed by atoms with E-state index in [2.05, 4.69) is 10.3 Å². The van der Waals surface area contributed by atoms with Gasteiger partial charge in [-0.2, -0.15) is 0 Å². The molecule has 1 unspecified atom stereocenters. The van der Waals surface area contributed by atoms with Crippen LogP contribution >= 0.6 is 0 Å². The maximum absolute atomic E-state index is 12.8. The first-order chi connectivity index (χ1) is 12.9. The van der Waals surface area contributed by atoms with Gasteiger partial charge in [0.05, 0.1) is 23.2 Å². The number of hydrogen-bond acceptors (Lipinski definition) is 4. The van der Waals surface area contributed by atoms with Gasteiger partial charge in [0.2, 0.25) is 5.91 Å². The minimum absolute atomic E-state index is 0.147. The molecule has 0 aliphatic heterocycles. The fourth-order valence-corrected chi connectivity index (χ4v) is 3.19. The van der Waals surface area contributed by atoms with Gasteiger partial charge in [-0.15, -0.1) is 0 Å². The topological polar surface area (TPSA) is 86.0 Å². The number of fused-ring (bicyclic) bond motifs is 1. The number of aryl methyl sites for hydroxylation is 1. The molecule has 27 heavy (non-hydrogen) atoms. The largest absolute Gasteiger partial charge is 0.332 e. The smallest absolute Gasteiger partial charge is 0.324 e. The van der Waals surface area contributed by atoms with Gasteiger partial charge in [-0.3, -0.25) is 18.7 Å². The van der Waals surface area contributed by atoms with Crippen molar-refractivity contribution in [3.8, 4) is 0 Å². The molecule has 7 nitrogen and oxygen atoms in total. The number of anilines is 1. The molecule has 1 N–H and O–H groups in total. The maximum atomic E-state index is 12.8. The Hall–Kier alpha value is -3.22. The minimum atomic E-state index is -0.441. The third-order valence-electron chi connectivity index (χ3n) is 4.66. The maximum Gasteiger partial charge on any atom is 0.332 e. The Morgan fingerprint density at radius 3 is 2.52 bits per heavy atom. The van der Waals surface area contributed by atoms with E-state index in [1.165, 1.54) is 17.8 Å². The molecule has 0 fully saturated rings. The van der Waals surface area contributed by atoms with Gasteiger partial charge in [0.15, 0.2) is 0 Å². The van der Waals surface area contributed by atoms with Crippen LogP contribution in [0.3, 0.4) is 0 Å². The van der Waals surface area contributed by atoms with E-state index in [1.807, 2.05) is 37.3 Å². The number of rotatable bonds is 5. The Kier molecular flexibility index (Phi) is 5.21. The zero-order valence-electron chi connectivity index (χ0n) is 15.6. The van der Waals surface area contributed by atoms with E-state index < -0.39 is 11.2 Å². The molecule has 0 radical (unpaired) electrons. The Bertz CT molecular complexity index is 1100. The first-order valence-electron chi connectivity index (χ1n) is 8.85. The molecule has 1 atom stereocenters. The highest BCUT2D eigenvalue weighted by Gasteiger charge is 2.20. The molecule has 3 aromatic rings. The fourth-order valence-electron chi connectivity index (χ4n) is 3.19. The molecule has 140 valence electrons. The molecule has 0 bridgehead atoms. The second-order valence-corrected chi connectivity index (χ2v) is 6.54.